The summed E-state index contributed by atoms with van der Waals surface area (Å²) < 4.78 is 40.8. The highest BCUT2D eigenvalue weighted by atomic mass is 35.5. The number of halogens is 3. The molecule has 0 saturated heterocycles. The summed E-state index contributed by atoms with van der Waals surface area (Å²) in [7, 11) is -0.230. The van der Waals surface area contributed by atoms with Crippen LogP contribution in [0.2, 0.25) is 10.0 Å². The number of amides is 1. The van der Waals surface area contributed by atoms with E-state index in [9.17, 15) is 17.6 Å². The van der Waals surface area contributed by atoms with Gasteiger partial charge in [-0.25, -0.2) is 12.8 Å². The molecule has 0 atom stereocenters. The molecule has 10 heteroatoms. The highest BCUT2D eigenvalue weighted by Gasteiger charge is 2.24. The predicted molar refractivity (Wildman–Crippen MR) is 115 cm³/mol. The summed E-state index contributed by atoms with van der Waals surface area (Å²) in [6, 6.07) is 6.53. The normalized spacial score (nSPS) is 11.6. The van der Waals surface area contributed by atoms with Crippen molar-refractivity contribution in [1.29, 1.82) is 0 Å². The molecule has 0 unspecified atom stereocenters. The van der Waals surface area contributed by atoms with E-state index in [1.165, 1.54) is 16.4 Å². The lowest BCUT2D eigenvalue weighted by Crippen LogP contribution is -2.30. The second kappa shape index (κ2) is 9.30. The van der Waals surface area contributed by atoms with Gasteiger partial charge in [0.1, 0.15) is 5.82 Å². The van der Waals surface area contributed by atoms with E-state index in [2.05, 4.69) is 5.32 Å². The van der Waals surface area contributed by atoms with Crippen LogP contribution >= 0.6 is 23.2 Å². The molecule has 29 heavy (non-hydrogen) atoms. The van der Waals surface area contributed by atoms with E-state index in [0.717, 1.165) is 12.1 Å². The zero-order chi connectivity index (χ0) is 21.9. The summed E-state index contributed by atoms with van der Waals surface area (Å²) >= 11 is 11.7. The van der Waals surface area contributed by atoms with Gasteiger partial charge >= 0.3 is 0 Å². The van der Waals surface area contributed by atoms with Crippen molar-refractivity contribution >= 4 is 50.5 Å². The van der Waals surface area contributed by atoms with Gasteiger partial charge in [-0.15, -0.1) is 0 Å². The fourth-order valence-electron chi connectivity index (χ4n) is 2.76. The quantitative estimate of drug-likeness (QED) is 0.616. The minimum atomic E-state index is -3.73. The second-order valence-corrected chi connectivity index (χ2v) is 9.12. The highest BCUT2D eigenvalue weighted by Crippen LogP contribution is 2.31. The number of hydrogen-bond donors (Lipinski definition) is 1. The Hall–Kier alpha value is -1.87. The molecule has 2 aromatic rings. The topological polar surface area (TPSA) is 69.7 Å². The summed E-state index contributed by atoms with van der Waals surface area (Å²) in [6.45, 7) is 4.12. The number of benzene rings is 2. The average molecular weight is 462 g/mol. The van der Waals surface area contributed by atoms with Crippen molar-refractivity contribution in [2.24, 2.45) is 0 Å². The Labute approximate surface area is 180 Å². The van der Waals surface area contributed by atoms with Crippen LogP contribution in [0.1, 0.15) is 24.2 Å². The lowest BCUT2D eigenvalue weighted by Gasteiger charge is -2.22. The Morgan fingerprint density at radius 2 is 1.69 bits per heavy atom. The summed E-state index contributed by atoms with van der Waals surface area (Å²) in [5, 5.41) is 2.40. The van der Waals surface area contributed by atoms with Crippen LogP contribution < -0.4 is 10.2 Å². The summed E-state index contributed by atoms with van der Waals surface area (Å²) in [6.07, 6.45) is 0. The van der Waals surface area contributed by atoms with Crippen LogP contribution in [0.25, 0.3) is 0 Å². The van der Waals surface area contributed by atoms with Gasteiger partial charge in [0.05, 0.1) is 31.9 Å². The lowest BCUT2D eigenvalue weighted by molar-refractivity contribution is 0.102. The largest absolute Gasteiger partial charge is 0.376 e. The number of sulfonamides is 1. The third-order valence-electron chi connectivity index (χ3n) is 4.30. The fourth-order valence-corrected chi connectivity index (χ4v) is 4.72. The molecule has 0 saturated carbocycles. The molecule has 0 fully saturated rings. The molecule has 2 aromatic carbocycles. The predicted octanol–water partition coefficient (Wildman–Crippen LogP) is 4.48. The molecule has 2 rings (SSSR count). The van der Waals surface area contributed by atoms with Gasteiger partial charge in [-0.2, -0.15) is 4.31 Å². The maximum atomic E-state index is 13.8. The Bertz CT molecular complexity index is 1030. The van der Waals surface area contributed by atoms with Gasteiger partial charge in [-0.1, -0.05) is 37.0 Å². The minimum Gasteiger partial charge on any atom is -0.376 e. The second-order valence-electron chi connectivity index (χ2n) is 6.36. The van der Waals surface area contributed by atoms with Crippen LogP contribution in [-0.4, -0.2) is 45.8 Å². The molecular weight excluding hydrogens is 440 g/mol. The number of carbonyl (C=O) groups is 1. The zero-order valence-electron chi connectivity index (χ0n) is 16.5. The first-order valence-corrected chi connectivity index (χ1v) is 11.0. The number of nitrogens with one attached hydrogen (secondary N) is 1. The summed E-state index contributed by atoms with van der Waals surface area (Å²) in [4.78, 5) is 14.5. The number of hydrogen-bond acceptors (Lipinski definition) is 4. The molecule has 0 spiro atoms. The molecule has 6 nitrogen and oxygen atoms in total. The van der Waals surface area contributed by atoms with E-state index in [0.29, 0.717) is 18.8 Å². The molecule has 0 aliphatic carbocycles. The highest BCUT2D eigenvalue weighted by molar-refractivity contribution is 7.89. The van der Waals surface area contributed by atoms with Crippen molar-refractivity contribution in [3.63, 3.8) is 0 Å². The van der Waals surface area contributed by atoms with Crippen molar-refractivity contribution < 1.29 is 17.6 Å². The maximum absolute atomic E-state index is 13.8. The van der Waals surface area contributed by atoms with Gasteiger partial charge in [0, 0.05) is 27.2 Å². The molecule has 0 heterocycles. The maximum Gasteiger partial charge on any atom is 0.257 e. The van der Waals surface area contributed by atoms with Crippen LogP contribution in [-0.2, 0) is 10.0 Å². The Balaban J connectivity index is 2.51. The third-order valence-corrected chi connectivity index (χ3v) is 6.94. The molecule has 0 aliphatic heterocycles. The number of nitrogens with zero attached hydrogens (tertiary/aromatic N) is 2. The van der Waals surface area contributed by atoms with Gasteiger partial charge in [0.2, 0.25) is 10.0 Å². The number of rotatable bonds is 7. The first-order chi connectivity index (χ1) is 13.5. The fraction of sp³-hybridized carbons (Fsp3) is 0.316. The van der Waals surface area contributed by atoms with Gasteiger partial charge in [-0.3, -0.25) is 4.79 Å². The lowest BCUT2D eigenvalue weighted by atomic mass is 10.2. The van der Waals surface area contributed by atoms with E-state index in [1.54, 1.807) is 38.9 Å². The van der Waals surface area contributed by atoms with E-state index >= 15 is 0 Å². The van der Waals surface area contributed by atoms with Gasteiger partial charge in [0.25, 0.3) is 5.91 Å². The molecular formula is C19H22Cl2FN3O3S. The molecule has 0 bridgehead atoms. The molecule has 1 N–H and O–H groups in total. The number of carbonyl (C=O) groups excluding carboxylic acids is 1. The standard InChI is InChI=1S/C19H22Cl2FN3O3S/c1-5-25(6-2)29(27,28)12-7-8-18(24(3)4)17(9-12)23-19(26)13-10-16(22)15(21)11-14(13)20/h7-11H,5-6H2,1-4H3,(H,23,26). The molecule has 0 radical (unpaired) electrons. The van der Waals surface area contributed by atoms with E-state index in [-0.39, 0.29) is 26.2 Å². The van der Waals surface area contributed by atoms with Crippen LogP contribution in [0.15, 0.2) is 35.2 Å². The molecule has 1 amide bonds. The number of anilines is 2. The zero-order valence-corrected chi connectivity index (χ0v) is 18.8. The van der Waals surface area contributed by atoms with Crippen LogP contribution in [0, 0.1) is 5.82 Å². The summed E-state index contributed by atoms with van der Waals surface area (Å²) in [5.41, 5.74) is 0.706. The monoisotopic (exact) mass is 461 g/mol. The van der Waals surface area contributed by atoms with Crippen molar-refractivity contribution in [3.05, 3.63) is 51.8 Å². The average Bonchev–Trinajstić information content (AvgIpc) is 2.65. The Morgan fingerprint density at radius 3 is 2.24 bits per heavy atom. The molecule has 0 aromatic heterocycles. The third kappa shape index (κ3) is 5.01. The van der Waals surface area contributed by atoms with Crippen molar-refractivity contribution in [2.45, 2.75) is 18.7 Å². The summed E-state index contributed by atoms with van der Waals surface area (Å²) in [5.74, 6) is -1.47. The minimum absolute atomic E-state index is 0.0211. The SMILES string of the molecule is CCN(CC)S(=O)(=O)c1ccc(N(C)C)c(NC(=O)c2cc(F)c(Cl)cc2Cl)c1. The van der Waals surface area contributed by atoms with Crippen molar-refractivity contribution in [3.8, 4) is 0 Å². The Kier molecular flexibility index (Phi) is 7.50. The van der Waals surface area contributed by atoms with E-state index in [1.807, 2.05) is 0 Å². The van der Waals surface area contributed by atoms with Gasteiger partial charge in [-0.05, 0) is 30.3 Å². The first kappa shape index (κ1) is 23.4. The van der Waals surface area contributed by atoms with Crippen LogP contribution in [0.4, 0.5) is 15.8 Å². The van der Waals surface area contributed by atoms with Crippen LogP contribution in [0.3, 0.4) is 0 Å². The molecule has 158 valence electrons. The molecule has 0 aliphatic rings. The van der Waals surface area contributed by atoms with Gasteiger partial charge < -0.3 is 10.2 Å². The van der Waals surface area contributed by atoms with Crippen LogP contribution in [0.5, 0.6) is 0 Å². The Morgan fingerprint density at radius 1 is 1.07 bits per heavy atom. The smallest absolute Gasteiger partial charge is 0.257 e. The van der Waals surface area contributed by atoms with E-state index < -0.39 is 21.7 Å². The van der Waals surface area contributed by atoms with E-state index in [4.69, 9.17) is 23.2 Å². The van der Waals surface area contributed by atoms with Crippen molar-refractivity contribution in [1.82, 2.24) is 4.31 Å². The van der Waals surface area contributed by atoms with Crippen molar-refractivity contribution in [2.75, 3.05) is 37.4 Å². The first-order valence-electron chi connectivity index (χ1n) is 8.80. The van der Waals surface area contributed by atoms with Gasteiger partial charge in [0.15, 0.2) is 0 Å².